The first-order valence-corrected chi connectivity index (χ1v) is 11.0. The summed E-state index contributed by atoms with van der Waals surface area (Å²) in [4.78, 5) is 24.4. The van der Waals surface area contributed by atoms with Crippen LogP contribution >= 0.6 is 11.3 Å². The van der Waals surface area contributed by atoms with Crippen LogP contribution in [0, 0.1) is 13.8 Å². The minimum absolute atomic E-state index is 0.0262. The number of carbonyl (C=O) groups excluding carboxylic acids is 1. The summed E-state index contributed by atoms with van der Waals surface area (Å²) >= 11 is 1.56. The van der Waals surface area contributed by atoms with Crippen LogP contribution in [-0.4, -0.2) is 15.9 Å². The maximum atomic E-state index is 13.4. The SMILES string of the molecule is CCc1ccc(CC(=O)N(Cc2ccccn2)c2nc3c(C)cc(C)cc3s2)cc1. The van der Waals surface area contributed by atoms with Gasteiger partial charge in [0.25, 0.3) is 0 Å². The lowest BCUT2D eigenvalue weighted by molar-refractivity contribution is -0.118. The summed E-state index contributed by atoms with van der Waals surface area (Å²) < 4.78 is 1.11. The monoisotopic (exact) mass is 415 g/mol. The first-order valence-electron chi connectivity index (χ1n) is 10.2. The van der Waals surface area contributed by atoms with E-state index in [1.807, 2.05) is 30.3 Å². The van der Waals surface area contributed by atoms with Gasteiger partial charge >= 0.3 is 0 Å². The standard InChI is InChI=1S/C25H25N3OS/c1-4-19-8-10-20(11-9-19)15-23(29)28(16-21-7-5-6-12-26-21)25-27-24-18(3)13-17(2)14-22(24)30-25/h5-14H,4,15-16H2,1-3H3. The Balaban J connectivity index is 1.68. The molecule has 152 valence electrons. The maximum absolute atomic E-state index is 13.4. The second-order valence-corrected chi connectivity index (χ2v) is 8.58. The van der Waals surface area contributed by atoms with Crippen molar-refractivity contribution < 1.29 is 4.79 Å². The van der Waals surface area contributed by atoms with E-state index < -0.39 is 0 Å². The van der Waals surface area contributed by atoms with Crippen LogP contribution in [0.1, 0.15) is 34.9 Å². The summed E-state index contributed by atoms with van der Waals surface area (Å²) in [5, 5.41) is 0.722. The molecule has 0 aliphatic heterocycles. The number of nitrogens with zero attached hydrogens (tertiary/aromatic N) is 3. The Morgan fingerprint density at radius 2 is 1.80 bits per heavy atom. The van der Waals surface area contributed by atoms with Gasteiger partial charge in [0.05, 0.1) is 28.9 Å². The van der Waals surface area contributed by atoms with E-state index in [4.69, 9.17) is 4.98 Å². The minimum Gasteiger partial charge on any atom is -0.282 e. The summed E-state index contributed by atoms with van der Waals surface area (Å²) in [6.07, 6.45) is 3.09. The van der Waals surface area contributed by atoms with Crippen molar-refractivity contribution in [1.29, 1.82) is 0 Å². The Morgan fingerprint density at radius 1 is 1.03 bits per heavy atom. The van der Waals surface area contributed by atoms with Crippen LogP contribution in [0.25, 0.3) is 10.2 Å². The third-order valence-corrected chi connectivity index (χ3v) is 6.21. The summed E-state index contributed by atoms with van der Waals surface area (Å²) in [6, 6.07) is 18.3. The molecular weight excluding hydrogens is 390 g/mol. The van der Waals surface area contributed by atoms with Gasteiger partial charge in [0.1, 0.15) is 0 Å². The van der Waals surface area contributed by atoms with E-state index >= 15 is 0 Å². The van der Waals surface area contributed by atoms with Crippen molar-refractivity contribution in [2.45, 2.75) is 40.2 Å². The Kier molecular flexibility index (Phi) is 5.91. The first-order chi connectivity index (χ1) is 14.5. The van der Waals surface area contributed by atoms with Gasteiger partial charge in [-0.2, -0.15) is 0 Å². The minimum atomic E-state index is 0.0262. The zero-order valence-electron chi connectivity index (χ0n) is 17.6. The molecule has 0 atom stereocenters. The molecule has 0 aliphatic carbocycles. The van der Waals surface area contributed by atoms with Gasteiger partial charge < -0.3 is 0 Å². The van der Waals surface area contributed by atoms with Crippen molar-refractivity contribution in [2.75, 3.05) is 4.90 Å². The maximum Gasteiger partial charge on any atom is 0.233 e. The predicted molar refractivity (Wildman–Crippen MR) is 124 cm³/mol. The third kappa shape index (κ3) is 4.41. The van der Waals surface area contributed by atoms with E-state index in [9.17, 15) is 4.79 Å². The molecule has 30 heavy (non-hydrogen) atoms. The highest BCUT2D eigenvalue weighted by atomic mass is 32.1. The first kappa shape index (κ1) is 20.2. The number of hydrogen-bond donors (Lipinski definition) is 0. The molecule has 4 rings (SSSR count). The average Bonchev–Trinajstić information content (AvgIpc) is 3.17. The number of carbonyl (C=O) groups is 1. The van der Waals surface area contributed by atoms with E-state index in [-0.39, 0.29) is 5.91 Å². The molecule has 0 spiro atoms. The molecule has 0 unspecified atom stereocenters. The highest BCUT2D eigenvalue weighted by molar-refractivity contribution is 7.22. The molecule has 0 aliphatic rings. The molecule has 0 bridgehead atoms. The number of aromatic nitrogens is 2. The fourth-order valence-corrected chi connectivity index (χ4v) is 4.71. The largest absolute Gasteiger partial charge is 0.282 e. The molecule has 0 fully saturated rings. The summed E-state index contributed by atoms with van der Waals surface area (Å²) in [5.41, 5.74) is 6.43. The number of pyridine rings is 1. The van der Waals surface area contributed by atoms with Gasteiger partial charge in [-0.1, -0.05) is 54.7 Å². The van der Waals surface area contributed by atoms with Crippen molar-refractivity contribution in [3.63, 3.8) is 0 Å². The summed E-state index contributed by atoms with van der Waals surface area (Å²) in [5.74, 6) is 0.0262. The molecule has 2 heterocycles. The van der Waals surface area contributed by atoms with Crippen LogP contribution in [-0.2, 0) is 24.2 Å². The Morgan fingerprint density at radius 3 is 2.50 bits per heavy atom. The summed E-state index contributed by atoms with van der Waals surface area (Å²) in [6.45, 7) is 6.69. The lowest BCUT2D eigenvalue weighted by Gasteiger charge is -2.19. The Labute approximate surface area is 181 Å². The van der Waals surface area contributed by atoms with Crippen molar-refractivity contribution in [1.82, 2.24) is 9.97 Å². The molecule has 1 amide bonds. The zero-order chi connectivity index (χ0) is 21.1. The second kappa shape index (κ2) is 8.76. The highest BCUT2D eigenvalue weighted by Gasteiger charge is 2.21. The van der Waals surface area contributed by atoms with Crippen molar-refractivity contribution >= 4 is 32.6 Å². The van der Waals surface area contributed by atoms with Gasteiger partial charge in [0.2, 0.25) is 5.91 Å². The van der Waals surface area contributed by atoms with E-state index in [1.165, 1.54) is 11.1 Å². The number of fused-ring (bicyclic) bond motifs is 1. The second-order valence-electron chi connectivity index (χ2n) is 7.57. The topological polar surface area (TPSA) is 46.1 Å². The summed E-state index contributed by atoms with van der Waals surface area (Å²) in [7, 11) is 0. The number of hydrogen-bond acceptors (Lipinski definition) is 4. The van der Waals surface area contributed by atoms with Gasteiger partial charge in [0, 0.05) is 6.20 Å². The van der Waals surface area contributed by atoms with Crippen LogP contribution in [0.4, 0.5) is 5.13 Å². The third-order valence-electron chi connectivity index (χ3n) is 5.18. The zero-order valence-corrected chi connectivity index (χ0v) is 18.4. The molecule has 5 heteroatoms. The van der Waals surface area contributed by atoms with Crippen molar-refractivity contribution in [2.24, 2.45) is 0 Å². The normalized spacial score (nSPS) is 11.0. The predicted octanol–water partition coefficient (Wildman–Crippen LogP) is 5.65. The number of anilines is 1. The molecule has 0 saturated heterocycles. The van der Waals surface area contributed by atoms with Gasteiger partial charge in [-0.25, -0.2) is 4.98 Å². The Hall–Kier alpha value is -3.05. The van der Waals surface area contributed by atoms with Crippen LogP contribution in [0.15, 0.2) is 60.8 Å². The van der Waals surface area contributed by atoms with Gasteiger partial charge in [-0.15, -0.1) is 0 Å². The molecule has 4 aromatic rings. The number of rotatable bonds is 6. The molecule has 2 aromatic carbocycles. The molecule has 0 radical (unpaired) electrons. The molecule has 0 saturated carbocycles. The van der Waals surface area contributed by atoms with E-state index in [0.717, 1.165) is 38.6 Å². The number of thiazole rings is 1. The average molecular weight is 416 g/mol. The highest BCUT2D eigenvalue weighted by Crippen LogP contribution is 2.32. The fourth-order valence-electron chi connectivity index (χ4n) is 3.55. The van der Waals surface area contributed by atoms with Crippen LogP contribution in [0.3, 0.4) is 0 Å². The molecular formula is C25H25N3OS. The molecule has 2 aromatic heterocycles. The lowest BCUT2D eigenvalue weighted by atomic mass is 10.1. The van der Waals surface area contributed by atoms with Crippen LogP contribution < -0.4 is 4.90 Å². The van der Waals surface area contributed by atoms with Gasteiger partial charge in [-0.3, -0.25) is 14.7 Å². The van der Waals surface area contributed by atoms with Gasteiger partial charge in [0.15, 0.2) is 5.13 Å². The van der Waals surface area contributed by atoms with E-state index in [1.54, 1.807) is 22.4 Å². The van der Waals surface area contributed by atoms with Crippen molar-refractivity contribution in [3.05, 3.63) is 88.7 Å². The van der Waals surface area contributed by atoms with Gasteiger partial charge in [-0.05, 0) is 60.7 Å². The van der Waals surface area contributed by atoms with Crippen LogP contribution in [0.2, 0.25) is 0 Å². The molecule has 0 N–H and O–H groups in total. The number of aryl methyl sites for hydroxylation is 3. The van der Waals surface area contributed by atoms with Crippen molar-refractivity contribution in [3.8, 4) is 0 Å². The van der Waals surface area contributed by atoms with E-state index in [0.29, 0.717) is 13.0 Å². The lowest BCUT2D eigenvalue weighted by Crippen LogP contribution is -2.32. The van der Waals surface area contributed by atoms with E-state index in [2.05, 4.69) is 50.0 Å². The number of amides is 1. The number of benzene rings is 2. The molecule has 4 nitrogen and oxygen atoms in total. The fraction of sp³-hybridized carbons (Fsp3) is 0.240. The Bertz CT molecular complexity index is 1170. The van der Waals surface area contributed by atoms with Crippen LogP contribution in [0.5, 0.6) is 0 Å². The smallest absolute Gasteiger partial charge is 0.233 e. The quantitative estimate of drug-likeness (QED) is 0.409.